The summed E-state index contributed by atoms with van der Waals surface area (Å²) in [5.74, 6) is -0.891. The van der Waals surface area contributed by atoms with Crippen molar-refractivity contribution in [2.24, 2.45) is 0 Å². The predicted octanol–water partition coefficient (Wildman–Crippen LogP) is 23.6. The van der Waals surface area contributed by atoms with Crippen LogP contribution in [0.25, 0.3) is 0 Å². The monoisotopic (exact) mass is 1110 g/mol. The fourth-order valence-electron chi connectivity index (χ4n) is 9.66. The molecule has 0 bridgehead atoms. The summed E-state index contributed by atoms with van der Waals surface area (Å²) in [6.07, 6.45) is 91.5. The maximum atomic E-state index is 12.9. The third-order valence-corrected chi connectivity index (χ3v) is 14.8. The average molecular weight is 1110 g/mol. The first-order valence-corrected chi connectivity index (χ1v) is 34.2. The summed E-state index contributed by atoms with van der Waals surface area (Å²) in [7, 11) is 0. The molecule has 0 rings (SSSR count). The van der Waals surface area contributed by atoms with Crippen LogP contribution in [0.15, 0.2) is 97.2 Å². The van der Waals surface area contributed by atoms with Crippen LogP contribution in [0.1, 0.15) is 335 Å². The molecule has 0 saturated carbocycles. The standard InChI is InChI=1S/C74H128O6/c1-4-7-10-13-16-19-22-25-28-29-30-31-32-33-34-35-36-37-38-39-40-41-42-43-44-45-47-49-52-55-58-61-64-67-73(76)79-70-71(69-78-72(75)66-63-60-57-54-51-48-27-24-21-18-15-12-9-6-3)80-74(77)68-65-62-59-56-53-50-46-26-23-20-17-14-11-8-5-2/h7,10,15-16,18-19,24-28,30-31,33-34,46,71H,4-6,8-9,11-14,17,20-23,29,32,35-45,47-70H2,1-3H3/b10-7-,18-15-,19-16-,27-24-,28-25-,31-30-,34-33-,46-26-. The first-order chi connectivity index (χ1) is 39.5. The maximum absolute atomic E-state index is 12.9. The first-order valence-electron chi connectivity index (χ1n) is 34.2. The molecule has 6 nitrogen and oxygen atoms in total. The van der Waals surface area contributed by atoms with Crippen molar-refractivity contribution in [1.29, 1.82) is 0 Å². The molecule has 1 unspecified atom stereocenters. The SMILES string of the molecule is CC/C=C\C/C=C\C/C=C\C/C=C\C/C=C\CCCCCCCCCCCCCCCCCCCC(=O)OCC(COC(=O)CCCCCCC/C=C\C/C=C\CCCC)OC(=O)CCCCCCC/C=C\CCCCCCCC. The molecule has 0 saturated heterocycles. The fourth-order valence-corrected chi connectivity index (χ4v) is 9.66. The summed E-state index contributed by atoms with van der Waals surface area (Å²) >= 11 is 0. The van der Waals surface area contributed by atoms with Crippen molar-refractivity contribution in [3.05, 3.63) is 97.2 Å². The molecule has 0 radical (unpaired) electrons. The first kappa shape index (κ1) is 76.3. The van der Waals surface area contributed by atoms with Gasteiger partial charge in [0.15, 0.2) is 6.10 Å². The summed E-state index contributed by atoms with van der Waals surface area (Å²) in [4.78, 5) is 38.3. The second-order valence-corrected chi connectivity index (χ2v) is 22.7. The smallest absolute Gasteiger partial charge is 0.306 e. The molecule has 0 spiro atoms. The van der Waals surface area contributed by atoms with Gasteiger partial charge in [-0.1, -0.05) is 298 Å². The van der Waals surface area contributed by atoms with E-state index in [9.17, 15) is 14.4 Å². The van der Waals surface area contributed by atoms with E-state index >= 15 is 0 Å². The number of carbonyl (C=O) groups is 3. The van der Waals surface area contributed by atoms with E-state index in [1.54, 1.807) is 0 Å². The lowest BCUT2D eigenvalue weighted by molar-refractivity contribution is -0.167. The lowest BCUT2D eigenvalue weighted by atomic mass is 10.0. The van der Waals surface area contributed by atoms with Gasteiger partial charge in [-0.3, -0.25) is 14.4 Å². The molecule has 0 heterocycles. The van der Waals surface area contributed by atoms with E-state index in [1.807, 2.05) is 0 Å². The van der Waals surface area contributed by atoms with Gasteiger partial charge in [-0.2, -0.15) is 0 Å². The number of rotatable bonds is 62. The quantitative estimate of drug-likeness (QED) is 0.0261. The molecule has 0 aromatic rings. The molecule has 0 aromatic carbocycles. The molecule has 6 heteroatoms. The van der Waals surface area contributed by atoms with Gasteiger partial charge in [0, 0.05) is 19.3 Å². The van der Waals surface area contributed by atoms with Crippen LogP contribution in [0.5, 0.6) is 0 Å². The minimum Gasteiger partial charge on any atom is -0.462 e. The van der Waals surface area contributed by atoms with Crippen molar-refractivity contribution in [1.82, 2.24) is 0 Å². The van der Waals surface area contributed by atoms with Crippen LogP contribution in [0.4, 0.5) is 0 Å². The van der Waals surface area contributed by atoms with Gasteiger partial charge in [0.2, 0.25) is 0 Å². The Bertz CT molecular complexity index is 1560. The van der Waals surface area contributed by atoms with Gasteiger partial charge in [0.25, 0.3) is 0 Å². The van der Waals surface area contributed by atoms with Crippen LogP contribution in [-0.4, -0.2) is 37.2 Å². The summed E-state index contributed by atoms with van der Waals surface area (Å²) in [6.45, 7) is 6.49. The van der Waals surface area contributed by atoms with Crippen molar-refractivity contribution in [2.45, 2.75) is 341 Å². The largest absolute Gasteiger partial charge is 0.462 e. The lowest BCUT2D eigenvalue weighted by Gasteiger charge is -2.18. The van der Waals surface area contributed by atoms with Crippen LogP contribution in [-0.2, 0) is 28.6 Å². The van der Waals surface area contributed by atoms with Gasteiger partial charge < -0.3 is 14.2 Å². The number of ether oxygens (including phenoxy) is 3. The van der Waals surface area contributed by atoms with Crippen molar-refractivity contribution in [3.63, 3.8) is 0 Å². The van der Waals surface area contributed by atoms with Crippen LogP contribution < -0.4 is 0 Å². The van der Waals surface area contributed by atoms with Gasteiger partial charge in [0.05, 0.1) is 0 Å². The van der Waals surface area contributed by atoms with Crippen LogP contribution >= 0.6 is 0 Å². The van der Waals surface area contributed by atoms with E-state index in [4.69, 9.17) is 14.2 Å². The molecule has 0 aliphatic carbocycles. The summed E-state index contributed by atoms with van der Waals surface area (Å²) in [5.41, 5.74) is 0. The van der Waals surface area contributed by atoms with E-state index in [0.29, 0.717) is 19.3 Å². The van der Waals surface area contributed by atoms with E-state index in [-0.39, 0.29) is 31.1 Å². The lowest BCUT2D eigenvalue weighted by Crippen LogP contribution is -2.30. The zero-order chi connectivity index (χ0) is 57.8. The molecule has 0 fully saturated rings. The molecule has 0 N–H and O–H groups in total. The average Bonchev–Trinajstić information content (AvgIpc) is 3.46. The second kappa shape index (κ2) is 67.8. The van der Waals surface area contributed by atoms with E-state index in [1.165, 1.54) is 173 Å². The second-order valence-electron chi connectivity index (χ2n) is 22.7. The Kier molecular flexibility index (Phi) is 64.7. The normalized spacial score (nSPS) is 12.7. The van der Waals surface area contributed by atoms with Gasteiger partial charge >= 0.3 is 17.9 Å². The topological polar surface area (TPSA) is 78.9 Å². The maximum Gasteiger partial charge on any atom is 0.306 e. The predicted molar refractivity (Wildman–Crippen MR) is 348 cm³/mol. The Balaban J connectivity index is 4.17. The Morgan fingerprint density at radius 1 is 0.263 bits per heavy atom. The zero-order valence-corrected chi connectivity index (χ0v) is 52.8. The molecule has 0 aliphatic rings. The summed E-state index contributed by atoms with van der Waals surface area (Å²) < 4.78 is 16.9. The van der Waals surface area contributed by atoms with Crippen molar-refractivity contribution < 1.29 is 28.6 Å². The number of carbonyl (C=O) groups excluding carboxylic acids is 3. The van der Waals surface area contributed by atoms with E-state index < -0.39 is 6.10 Å². The minimum absolute atomic E-state index is 0.0821. The fraction of sp³-hybridized carbons (Fsp3) is 0.743. The molecular formula is C74H128O6. The van der Waals surface area contributed by atoms with E-state index in [2.05, 4.69) is 118 Å². The minimum atomic E-state index is -0.787. The van der Waals surface area contributed by atoms with Crippen LogP contribution in [0.2, 0.25) is 0 Å². The highest BCUT2D eigenvalue weighted by Gasteiger charge is 2.19. The van der Waals surface area contributed by atoms with Crippen molar-refractivity contribution >= 4 is 17.9 Å². The molecular weight excluding hydrogens is 985 g/mol. The third-order valence-electron chi connectivity index (χ3n) is 14.8. The molecule has 80 heavy (non-hydrogen) atoms. The Labute approximate surface area is 496 Å². The van der Waals surface area contributed by atoms with Crippen LogP contribution in [0.3, 0.4) is 0 Å². The Morgan fingerprint density at radius 2 is 0.500 bits per heavy atom. The summed E-state index contributed by atoms with van der Waals surface area (Å²) in [5, 5.41) is 0. The number of unbranched alkanes of at least 4 members (excludes halogenated alkanes) is 35. The van der Waals surface area contributed by atoms with Gasteiger partial charge in [-0.05, 0) is 116 Å². The highest BCUT2D eigenvalue weighted by molar-refractivity contribution is 5.71. The molecule has 1 atom stereocenters. The van der Waals surface area contributed by atoms with Crippen LogP contribution in [0, 0.1) is 0 Å². The molecule has 460 valence electrons. The number of esters is 3. The van der Waals surface area contributed by atoms with Crippen molar-refractivity contribution in [3.8, 4) is 0 Å². The van der Waals surface area contributed by atoms with Gasteiger partial charge in [0.1, 0.15) is 13.2 Å². The van der Waals surface area contributed by atoms with Gasteiger partial charge in [-0.25, -0.2) is 0 Å². The zero-order valence-electron chi connectivity index (χ0n) is 52.8. The number of hydrogen-bond acceptors (Lipinski definition) is 6. The van der Waals surface area contributed by atoms with Crippen molar-refractivity contribution in [2.75, 3.05) is 13.2 Å². The third kappa shape index (κ3) is 65.1. The summed E-state index contributed by atoms with van der Waals surface area (Å²) in [6, 6.07) is 0. The Morgan fingerprint density at radius 3 is 0.812 bits per heavy atom. The highest BCUT2D eigenvalue weighted by atomic mass is 16.6. The van der Waals surface area contributed by atoms with Gasteiger partial charge in [-0.15, -0.1) is 0 Å². The number of hydrogen-bond donors (Lipinski definition) is 0. The molecule has 0 aromatic heterocycles. The molecule has 0 amide bonds. The highest BCUT2D eigenvalue weighted by Crippen LogP contribution is 2.17. The van der Waals surface area contributed by atoms with E-state index in [0.717, 1.165) is 122 Å². The number of allylic oxidation sites excluding steroid dienone is 16. The molecule has 0 aliphatic heterocycles. The Hall–Kier alpha value is -3.67.